The quantitative estimate of drug-likeness (QED) is 0.548. The molecule has 1 aromatic heterocycles. The molecule has 0 atom stereocenters. The number of nitrogens with zero attached hydrogens (tertiary/aromatic N) is 3. The summed E-state index contributed by atoms with van der Waals surface area (Å²) in [4.78, 5) is 33.7. The van der Waals surface area contributed by atoms with Gasteiger partial charge in [-0.05, 0) is 43.0 Å². The molecule has 0 spiro atoms. The first-order valence-corrected chi connectivity index (χ1v) is 9.32. The van der Waals surface area contributed by atoms with E-state index in [9.17, 15) is 9.59 Å². The van der Waals surface area contributed by atoms with Crippen LogP contribution >= 0.6 is 0 Å². The normalized spacial score (nSPS) is 16.6. The molecule has 28 heavy (non-hydrogen) atoms. The average molecular weight is 378 g/mol. The van der Waals surface area contributed by atoms with Crippen LogP contribution in [0.5, 0.6) is 0 Å². The first-order valence-electron chi connectivity index (χ1n) is 9.32. The number of pyridine rings is 1. The second kappa shape index (κ2) is 7.30. The van der Waals surface area contributed by atoms with Crippen LogP contribution in [0.15, 0.2) is 42.6 Å². The summed E-state index contributed by atoms with van der Waals surface area (Å²) in [5, 5.41) is 10.4. The zero-order chi connectivity index (χ0) is 19.7. The van der Waals surface area contributed by atoms with Gasteiger partial charge >= 0.3 is 0 Å². The highest BCUT2D eigenvalue weighted by Crippen LogP contribution is 2.37. The largest absolute Gasteiger partial charge is 0.370 e. The van der Waals surface area contributed by atoms with Gasteiger partial charge in [0.05, 0.1) is 16.9 Å². The molecule has 0 unspecified atom stereocenters. The summed E-state index contributed by atoms with van der Waals surface area (Å²) in [6.07, 6.45) is 3.56. The highest BCUT2D eigenvalue weighted by molar-refractivity contribution is 6.17. The molecule has 3 heterocycles. The molecule has 0 bridgehead atoms. The Labute approximate surface area is 162 Å². The summed E-state index contributed by atoms with van der Waals surface area (Å²) in [5.41, 5.74) is 7.06. The van der Waals surface area contributed by atoms with Crippen molar-refractivity contribution in [2.75, 3.05) is 23.3 Å². The maximum Gasteiger partial charge on any atom is 0.257 e. The Kier molecular flexibility index (Phi) is 4.68. The minimum absolute atomic E-state index is 0.0777. The first-order chi connectivity index (χ1) is 13.5. The van der Waals surface area contributed by atoms with E-state index in [1.807, 2.05) is 11.0 Å². The standard InChI is InChI=1S/C20H22N6O2/c21-20(22)25-10-7-13(8-11-25)12-17(27)26-16-6-2-1-4-14(16)19(28)24-15-5-3-9-23-18(15)26/h1-6,9,13H,7-8,10-12H2,(H3,21,22)(H,24,28). The van der Waals surface area contributed by atoms with Gasteiger partial charge in [-0.3, -0.25) is 19.9 Å². The Morgan fingerprint density at radius 2 is 1.96 bits per heavy atom. The van der Waals surface area contributed by atoms with Crippen molar-refractivity contribution in [1.82, 2.24) is 9.88 Å². The lowest BCUT2D eigenvalue weighted by atomic mass is 9.93. The van der Waals surface area contributed by atoms with Crippen LogP contribution in [0.25, 0.3) is 0 Å². The number of hydrogen-bond acceptors (Lipinski definition) is 4. The minimum Gasteiger partial charge on any atom is -0.370 e. The van der Waals surface area contributed by atoms with E-state index in [1.54, 1.807) is 41.4 Å². The molecule has 1 fully saturated rings. The molecule has 4 N–H and O–H groups in total. The third-order valence-corrected chi connectivity index (χ3v) is 5.30. The van der Waals surface area contributed by atoms with E-state index >= 15 is 0 Å². The number of rotatable bonds is 2. The predicted octanol–water partition coefficient (Wildman–Crippen LogP) is 2.31. The van der Waals surface area contributed by atoms with Crippen molar-refractivity contribution in [2.24, 2.45) is 11.7 Å². The lowest BCUT2D eigenvalue weighted by Crippen LogP contribution is -2.43. The number of amides is 2. The summed E-state index contributed by atoms with van der Waals surface area (Å²) in [7, 11) is 0. The molecule has 0 saturated carbocycles. The third-order valence-electron chi connectivity index (χ3n) is 5.30. The Morgan fingerprint density at radius 3 is 2.71 bits per heavy atom. The molecule has 1 aromatic carbocycles. The van der Waals surface area contributed by atoms with Crippen molar-refractivity contribution in [3.8, 4) is 0 Å². The summed E-state index contributed by atoms with van der Waals surface area (Å²) in [6, 6.07) is 10.6. The second-order valence-electron chi connectivity index (χ2n) is 7.09. The van der Waals surface area contributed by atoms with E-state index in [1.165, 1.54) is 0 Å². The number of aromatic nitrogens is 1. The maximum absolute atomic E-state index is 13.3. The topological polar surface area (TPSA) is 115 Å². The number of hydrogen-bond donors (Lipinski definition) is 3. The molecule has 144 valence electrons. The first kappa shape index (κ1) is 18.0. The molecule has 2 aromatic rings. The Morgan fingerprint density at radius 1 is 1.21 bits per heavy atom. The van der Waals surface area contributed by atoms with Crippen molar-refractivity contribution in [3.63, 3.8) is 0 Å². The van der Waals surface area contributed by atoms with Gasteiger partial charge in [0.25, 0.3) is 5.91 Å². The zero-order valence-corrected chi connectivity index (χ0v) is 15.4. The fourth-order valence-corrected chi connectivity index (χ4v) is 3.81. The van der Waals surface area contributed by atoms with E-state index in [2.05, 4.69) is 10.3 Å². The van der Waals surface area contributed by atoms with Gasteiger partial charge in [0.1, 0.15) is 0 Å². The van der Waals surface area contributed by atoms with Crippen LogP contribution in [0.2, 0.25) is 0 Å². The SMILES string of the molecule is N=C(N)N1CCC(CC(=O)N2c3ccccc3C(=O)Nc3cccnc32)CC1. The average Bonchev–Trinajstić information content (AvgIpc) is 2.82. The fourth-order valence-electron chi connectivity index (χ4n) is 3.81. The van der Waals surface area contributed by atoms with E-state index in [0.29, 0.717) is 42.3 Å². The van der Waals surface area contributed by atoms with E-state index in [0.717, 1.165) is 12.8 Å². The monoisotopic (exact) mass is 378 g/mol. The van der Waals surface area contributed by atoms with Crippen LogP contribution in [-0.2, 0) is 4.79 Å². The maximum atomic E-state index is 13.3. The molecule has 2 aliphatic heterocycles. The van der Waals surface area contributed by atoms with Crippen LogP contribution in [0, 0.1) is 11.3 Å². The van der Waals surface area contributed by atoms with Crippen LogP contribution in [-0.4, -0.2) is 40.7 Å². The molecule has 4 rings (SSSR count). The summed E-state index contributed by atoms with van der Waals surface area (Å²) in [6.45, 7) is 1.36. The summed E-state index contributed by atoms with van der Waals surface area (Å²) < 4.78 is 0. The number of nitrogens with two attached hydrogens (primary N) is 1. The number of anilines is 3. The van der Waals surface area contributed by atoms with Crippen LogP contribution < -0.4 is 16.0 Å². The van der Waals surface area contributed by atoms with Crippen LogP contribution in [0.4, 0.5) is 17.2 Å². The number of nitrogens with one attached hydrogen (secondary N) is 2. The smallest absolute Gasteiger partial charge is 0.257 e. The minimum atomic E-state index is -0.255. The molecule has 0 aliphatic carbocycles. The highest BCUT2D eigenvalue weighted by Gasteiger charge is 2.32. The number of fused-ring (bicyclic) bond motifs is 2. The number of para-hydroxylation sites is 1. The van der Waals surface area contributed by atoms with Gasteiger partial charge in [-0.2, -0.15) is 0 Å². The molecule has 2 amide bonds. The molecule has 1 saturated heterocycles. The van der Waals surface area contributed by atoms with Gasteiger partial charge in [0, 0.05) is 25.7 Å². The molecule has 8 nitrogen and oxygen atoms in total. The van der Waals surface area contributed by atoms with Crippen molar-refractivity contribution in [3.05, 3.63) is 48.2 Å². The lowest BCUT2D eigenvalue weighted by molar-refractivity contribution is -0.119. The van der Waals surface area contributed by atoms with Gasteiger partial charge in [-0.15, -0.1) is 0 Å². The van der Waals surface area contributed by atoms with E-state index in [-0.39, 0.29) is 23.7 Å². The van der Waals surface area contributed by atoms with E-state index in [4.69, 9.17) is 11.1 Å². The van der Waals surface area contributed by atoms with Gasteiger partial charge in [-0.1, -0.05) is 12.1 Å². The van der Waals surface area contributed by atoms with E-state index < -0.39 is 0 Å². The van der Waals surface area contributed by atoms with Crippen LogP contribution in [0.3, 0.4) is 0 Å². The number of carbonyl (C=O) groups excluding carboxylic acids is 2. The molecule has 8 heteroatoms. The number of likely N-dealkylation sites (tertiary alicyclic amines) is 1. The molecule has 2 aliphatic rings. The molecular weight excluding hydrogens is 356 g/mol. The zero-order valence-electron chi connectivity index (χ0n) is 15.4. The van der Waals surface area contributed by atoms with Crippen molar-refractivity contribution >= 4 is 35.0 Å². The Balaban J connectivity index is 1.63. The third kappa shape index (κ3) is 3.28. The van der Waals surface area contributed by atoms with Gasteiger partial charge < -0.3 is 16.0 Å². The number of benzene rings is 1. The van der Waals surface area contributed by atoms with Gasteiger partial charge in [0.15, 0.2) is 11.8 Å². The molecular formula is C20H22N6O2. The van der Waals surface area contributed by atoms with Crippen LogP contribution in [0.1, 0.15) is 29.6 Å². The fraction of sp³-hybridized carbons (Fsp3) is 0.300. The van der Waals surface area contributed by atoms with Crippen molar-refractivity contribution in [1.29, 1.82) is 5.41 Å². The predicted molar refractivity (Wildman–Crippen MR) is 107 cm³/mol. The molecule has 0 radical (unpaired) electrons. The summed E-state index contributed by atoms with van der Waals surface area (Å²) >= 11 is 0. The number of guanidine groups is 1. The van der Waals surface area contributed by atoms with Crippen molar-refractivity contribution < 1.29 is 9.59 Å². The number of carbonyl (C=O) groups is 2. The summed E-state index contributed by atoms with van der Waals surface area (Å²) in [5.74, 6) is 0.371. The number of piperidine rings is 1. The lowest BCUT2D eigenvalue weighted by Gasteiger charge is -2.33. The Hall–Kier alpha value is -3.42. The van der Waals surface area contributed by atoms with Gasteiger partial charge in [-0.25, -0.2) is 4.98 Å². The second-order valence-corrected chi connectivity index (χ2v) is 7.09. The van der Waals surface area contributed by atoms with Gasteiger partial charge in [0.2, 0.25) is 5.91 Å². The highest BCUT2D eigenvalue weighted by atomic mass is 16.2. The van der Waals surface area contributed by atoms with Crippen molar-refractivity contribution in [2.45, 2.75) is 19.3 Å². The Bertz CT molecular complexity index is 936.